The van der Waals surface area contributed by atoms with E-state index in [2.05, 4.69) is 14.8 Å². The number of rotatable bonds is 9. The number of guanidine groups is 1. The molecule has 0 bridgehead atoms. The molecular formula is C31H33F3N5O4+. The van der Waals surface area contributed by atoms with E-state index < -0.39 is 24.1 Å². The van der Waals surface area contributed by atoms with Gasteiger partial charge in [0.15, 0.2) is 6.10 Å². The van der Waals surface area contributed by atoms with Crippen molar-refractivity contribution in [1.29, 1.82) is 0 Å². The average Bonchev–Trinajstić information content (AvgIpc) is 3.00. The first-order chi connectivity index (χ1) is 20.5. The lowest BCUT2D eigenvalue weighted by molar-refractivity contribution is -0.274. The zero-order valence-corrected chi connectivity index (χ0v) is 23.6. The number of hydrogen-bond donors (Lipinski definition) is 2. The Bertz CT molecular complexity index is 1440. The molecule has 0 saturated heterocycles. The molecule has 1 unspecified atom stereocenters. The molecule has 0 radical (unpaired) electrons. The van der Waals surface area contributed by atoms with Crippen molar-refractivity contribution < 1.29 is 37.8 Å². The van der Waals surface area contributed by atoms with Crippen LogP contribution in [0.4, 0.5) is 18.9 Å². The number of carbonyl (C=O) groups is 2. The predicted octanol–water partition coefficient (Wildman–Crippen LogP) is 5.30. The highest BCUT2D eigenvalue weighted by Gasteiger charge is 2.31. The first kappa shape index (κ1) is 31.2. The van der Waals surface area contributed by atoms with Crippen LogP contribution in [0.1, 0.15) is 66.4 Å². The Morgan fingerprint density at radius 2 is 1.56 bits per heavy atom. The van der Waals surface area contributed by atoms with E-state index in [0.717, 1.165) is 30.5 Å². The summed E-state index contributed by atoms with van der Waals surface area (Å²) >= 11 is 0. The van der Waals surface area contributed by atoms with Crippen molar-refractivity contribution >= 4 is 23.5 Å². The third kappa shape index (κ3) is 8.87. The number of carbonyl (C=O) groups excluding carboxylic acids is 2. The smallest absolute Gasteiger partial charge is 0.481 e. The molecule has 0 heterocycles. The Hall–Kier alpha value is -4.74. The van der Waals surface area contributed by atoms with Gasteiger partial charge in [0.2, 0.25) is 0 Å². The van der Waals surface area contributed by atoms with Gasteiger partial charge < -0.3 is 20.1 Å². The largest absolute Gasteiger partial charge is 0.573 e. The Labute approximate surface area is 247 Å². The number of anilines is 1. The fraction of sp³-hybridized carbons (Fsp3) is 0.323. The lowest BCUT2D eigenvalue weighted by Gasteiger charge is -2.28. The number of hydrogen-bond acceptors (Lipinski definition) is 4. The number of benzene rings is 3. The molecule has 1 aliphatic rings. The quantitative estimate of drug-likeness (QED) is 0.197. The zero-order chi connectivity index (χ0) is 31.0. The number of amides is 2. The lowest BCUT2D eigenvalue weighted by Crippen LogP contribution is -2.40. The van der Waals surface area contributed by atoms with Crippen molar-refractivity contribution in [3.63, 3.8) is 0 Å². The van der Waals surface area contributed by atoms with E-state index in [4.69, 9.17) is 16.0 Å². The molecule has 3 aromatic carbocycles. The maximum absolute atomic E-state index is 13.7. The minimum Gasteiger partial charge on any atom is -0.481 e. The molecule has 226 valence electrons. The summed E-state index contributed by atoms with van der Waals surface area (Å²) in [6.45, 7) is 1.73. The maximum atomic E-state index is 13.7. The van der Waals surface area contributed by atoms with Crippen LogP contribution in [-0.4, -0.2) is 30.2 Å². The normalized spacial score (nSPS) is 14.9. The summed E-state index contributed by atoms with van der Waals surface area (Å²) in [6, 6.07) is 19.2. The molecule has 0 aromatic heterocycles. The molecule has 3 aromatic rings. The van der Waals surface area contributed by atoms with Gasteiger partial charge in [0.1, 0.15) is 11.5 Å². The monoisotopic (exact) mass is 596 g/mol. The summed E-state index contributed by atoms with van der Waals surface area (Å²) in [6.07, 6.45) is 0.133. The van der Waals surface area contributed by atoms with E-state index in [9.17, 15) is 22.8 Å². The minimum atomic E-state index is -4.81. The maximum Gasteiger partial charge on any atom is 0.573 e. The van der Waals surface area contributed by atoms with Crippen molar-refractivity contribution in [1.82, 2.24) is 0 Å². The van der Waals surface area contributed by atoms with Gasteiger partial charge >= 0.3 is 6.36 Å². The molecule has 9 nitrogen and oxygen atoms in total. The summed E-state index contributed by atoms with van der Waals surface area (Å²) in [4.78, 5) is 31.2. The average molecular weight is 597 g/mol. The fourth-order valence-corrected chi connectivity index (χ4v) is 4.99. The summed E-state index contributed by atoms with van der Waals surface area (Å²) < 4.78 is 47.2. The van der Waals surface area contributed by atoms with Crippen LogP contribution in [0.15, 0.2) is 82.9 Å². The number of aliphatic imine (C=N–C) groups is 1. The van der Waals surface area contributed by atoms with Crippen LogP contribution in [0.3, 0.4) is 0 Å². The van der Waals surface area contributed by atoms with E-state index >= 15 is 0 Å². The number of nitrogens with two attached hydrogens (primary N) is 2. The second kappa shape index (κ2) is 14.0. The standard InChI is InChI=1S/C31H32F3N5O4/c1-20(42-26-15-17-27(18-16-26)43-31(32,33)34)29(41)39(25-13-11-23(12-14-25)22-5-3-2-4-6-22)19-21-7-9-24(10-8-21)28(40)37-30(35)38-36/h7-18,20,22,36H,2-6,19H2,1H3,(H2,35,37,40)/p+1. The topological polar surface area (TPSA) is 132 Å². The van der Waals surface area contributed by atoms with Gasteiger partial charge in [0.05, 0.1) is 6.54 Å². The molecule has 1 aliphatic carbocycles. The van der Waals surface area contributed by atoms with Crippen molar-refractivity contribution in [3.05, 3.63) is 89.5 Å². The van der Waals surface area contributed by atoms with Crippen LogP contribution < -0.4 is 25.6 Å². The van der Waals surface area contributed by atoms with E-state index in [0.29, 0.717) is 11.6 Å². The van der Waals surface area contributed by atoms with E-state index in [1.165, 1.54) is 37.0 Å². The van der Waals surface area contributed by atoms with Crippen LogP contribution in [-0.2, 0) is 11.3 Å². The molecule has 43 heavy (non-hydrogen) atoms. The Kier molecular flexibility index (Phi) is 10.1. The number of alkyl halides is 3. The summed E-state index contributed by atoms with van der Waals surface area (Å²) in [5.74, 6) is -1.03. The highest BCUT2D eigenvalue weighted by Crippen LogP contribution is 2.34. The van der Waals surface area contributed by atoms with E-state index in [-0.39, 0.29) is 29.7 Å². The van der Waals surface area contributed by atoms with E-state index in [1.54, 1.807) is 36.1 Å². The third-order valence-electron chi connectivity index (χ3n) is 7.16. The van der Waals surface area contributed by atoms with Crippen molar-refractivity contribution in [2.24, 2.45) is 15.8 Å². The van der Waals surface area contributed by atoms with Crippen LogP contribution in [0, 0.1) is 0 Å². The van der Waals surface area contributed by atoms with Gasteiger partial charge in [-0.3, -0.25) is 9.59 Å². The Balaban J connectivity index is 1.54. The van der Waals surface area contributed by atoms with Crippen molar-refractivity contribution in [3.8, 4) is 11.5 Å². The summed E-state index contributed by atoms with van der Waals surface area (Å²) in [7, 11) is 0. The zero-order valence-electron chi connectivity index (χ0n) is 23.6. The summed E-state index contributed by atoms with van der Waals surface area (Å²) in [5.41, 5.74) is 13.3. The molecule has 4 rings (SSSR count). The van der Waals surface area contributed by atoms with Gasteiger partial charge in [-0.05, 0) is 85.3 Å². The van der Waals surface area contributed by atoms with Crippen molar-refractivity contribution in [2.45, 2.75) is 64.0 Å². The first-order valence-electron chi connectivity index (χ1n) is 13.8. The van der Waals surface area contributed by atoms with Crippen LogP contribution in [0.25, 0.3) is 0 Å². The predicted molar refractivity (Wildman–Crippen MR) is 153 cm³/mol. The number of ether oxygens (including phenoxy) is 2. The summed E-state index contributed by atoms with van der Waals surface area (Å²) in [5, 5.41) is 3.16. The molecule has 1 saturated carbocycles. The Morgan fingerprint density at radius 1 is 0.953 bits per heavy atom. The van der Waals surface area contributed by atoms with Crippen LogP contribution >= 0.6 is 0 Å². The first-order valence-corrected chi connectivity index (χ1v) is 13.8. The number of nitrogens with zero attached hydrogens (tertiary/aromatic N) is 3. The van der Waals surface area contributed by atoms with Gasteiger partial charge in [-0.2, -0.15) is 4.99 Å². The molecule has 2 amide bonds. The molecular weight excluding hydrogens is 563 g/mol. The molecule has 0 spiro atoms. The molecule has 1 fully saturated rings. The van der Waals surface area contributed by atoms with Gasteiger partial charge in [-0.25, -0.2) is 0 Å². The highest BCUT2D eigenvalue weighted by atomic mass is 19.4. The van der Waals surface area contributed by atoms with Crippen LogP contribution in [0.2, 0.25) is 0 Å². The Morgan fingerprint density at radius 3 is 2.14 bits per heavy atom. The van der Waals surface area contributed by atoms with E-state index in [1.807, 2.05) is 24.3 Å². The van der Waals surface area contributed by atoms with Gasteiger partial charge in [0.25, 0.3) is 17.8 Å². The molecule has 1 atom stereocenters. The van der Waals surface area contributed by atoms with Gasteiger partial charge in [0, 0.05) is 16.4 Å². The SMILES string of the molecule is CC(Oc1ccc(OC(F)(F)F)cc1)C(=O)N(Cc1ccc(C(=O)N=C(N)N=[NH2+])cc1)c1ccc(C2CCCCC2)cc1. The molecule has 12 heteroatoms. The van der Waals surface area contributed by atoms with Crippen LogP contribution in [0.5, 0.6) is 11.5 Å². The fourth-order valence-electron chi connectivity index (χ4n) is 4.99. The second-order valence-electron chi connectivity index (χ2n) is 10.2. The van der Waals surface area contributed by atoms with Gasteiger partial charge in [-0.15, -0.1) is 18.7 Å². The number of halogens is 3. The lowest BCUT2D eigenvalue weighted by atomic mass is 9.84. The minimum absolute atomic E-state index is 0.158. The second-order valence-corrected chi connectivity index (χ2v) is 10.2. The highest BCUT2D eigenvalue weighted by molar-refractivity contribution is 6.02. The molecule has 0 aliphatic heterocycles. The molecule has 4 N–H and O–H groups in total. The van der Waals surface area contributed by atoms with Gasteiger partial charge in [-0.1, -0.05) is 43.5 Å². The third-order valence-corrected chi connectivity index (χ3v) is 7.16. The van der Waals surface area contributed by atoms with Crippen molar-refractivity contribution in [2.75, 3.05) is 4.90 Å².